The molecule has 1 saturated heterocycles. The Labute approximate surface area is 90.7 Å². The molecule has 1 fully saturated rings. The molecule has 72 valence electrons. The zero-order valence-corrected chi connectivity index (χ0v) is 9.42. The number of hydrogen-bond donors (Lipinski definition) is 0. The zero-order chi connectivity index (χ0) is 9.10. The first-order valence-electron chi connectivity index (χ1n) is 4.20. The summed E-state index contributed by atoms with van der Waals surface area (Å²) in [5.41, 5.74) is 0. The summed E-state index contributed by atoms with van der Waals surface area (Å²) in [5.74, 6) is 0. The fourth-order valence-corrected chi connectivity index (χ4v) is 3.71. The van der Waals surface area contributed by atoms with Gasteiger partial charge in [-0.2, -0.15) is 0 Å². The summed E-state index contributed by atoms with van der Waals surface area (Å²) in [6, 6.07) is 0. The Balaban J connectivity index is 1.89. The second-order valence-corrected chi connectivity index (χ2v) is 6.07. The van der Waals surface area contributed by atoms with Crippen LogP contribution in [0, 0.1) is 0 Å². The first kappa shape index (κ1) is 9.77. The smallest absolute Gasteiger partial charge is 0.151 e. The predicted molar refractivity (Wildman–Crippen MR) is 56.8 cm³/mol. The number of nitrogens with zero attached hydrogens (tertiary/aromatic N) is 1. The first-order chi connectivity index (χ1) is 6.34. The van der Waals surface area contributed by atoms with Gasteiger partial charge in [0, 0.05) is 18.5 Å². The third-order valence-corrected chi connectivity index (χ3v) is 4.45. The molecule has 0 atom stereocenters. The lowest BCUT2D eigenvalue weighted by Gasteiger charge is -2.19. The summed E-state index contributed by atoms with van der Waals surface area (Å²) in [6.45, 7) is 1.77. The van der Waals surface area contributed by atoms with E-state index in [9.17, 15) is 0 Å². The van der Waals surface area contributed by atoms with Gasteiger partial charge in [-0.25, -0.2) is 4.98 Å². The van der Waals surface area contributed by atoms with Crippen LogP contribution in [0.1, 0.15) is 12.8 Å². The molecule has 0 saturated carbocycles. The number of hydrogen-bond acceptors (Lipinski definition) is 4. The number of halogens is 1. The highest BCUT2D eigenvalue weighted by Crippen LogP contribution is 2.33. The van der Waals surface area contributed by atoms with Gasteiger partial charge in [-0.05, 0) is 12.8 Å². The lowest BCUT2D eigenvalue weighted by molar-refractivity contribution is 0.100. The zero-order valence-electron chi connectivity index (χ0n) is 7.03. The summed E-state index contributed by atoms with van der Waals surface area (Å²) in [4.78, 5) is 4.22. The van der Waals surface area contributed by atoms with Crippen molar-refractivity contribution in [2.45, 2.75) is 22.4 Å². The van der Waals surface area contributed by atoms with Gasteiger partial charge in [-0.1, -0.05) is 34.7 Å². The van der Waals surface area contributed by atoms with Crippen LogP contribution in [0.3, 0.4) is 0 Å². The maximum atomic E-state index is 5.80. The van der Waals surface area contributed by atoms with E-state index >= 15 is 0 Å². The maximum absolute atomic E-state index is 5.80. The molecule has 0 spiro atoms. The second-order valence-electron chi connectivity index (χ2n) is 2.86. The van der Waals surface area contributed by atoms with Gasteiger partial charge in [0.25, 0.3) is 0 Å². The van der Waals surface area contributed by atoms with E-state index in [0.29, 0.717) is 5.25 Å². The summed E-state index contributed by atoms with van der Waals surface area (Å²) in [6.07, 6.45) is 3.97. The van der Waals surface area contributed by atoms with Gasteiger partial charge in [0.1, 0.15) is 4.34 Å². The van der Waals surface area contributed by atoms with Crippen molar-refractivity contribution in [1.82, 2.24) is 4.98 Å². The third kappa shape index (κ3) is 2.84. The first-order valence-corrected chi connectivity index (χ1v) is 6.28. The Hall–Kier alpha value is 0.230. The summed E-state index contributed by atoms with van der Waals surface area (Å²) in [5, 5.41) is 0.663. The van der Waals surface area contributed by atoms with Crippen molar-refractivity contribution < 1.29 is 4.74 Å². The van der Waals surface area contributed by atoms with Crippen molar-refractivity contribution >= 4 is 34.7 Å². The van der Waals surface area contributed by atoms with Crippen LogP contribution in [-0.4, -0.2) is 23.4 Å². The van der Waals surface area contributed by atoms with Crippen LogP contribution >= 0.6 is 34.7 Å². The van der Waals surface area contributed by atoms with Crippen LogP contribution in [0.4, 0.5) is 0 Å². The summed E-state index contributed by atoms with van der Waals surface area (Å²) >= 11 is 9.18. The number of ether oxygens (including phenoxy) is 1. The molecule has 0 aliphatic carbocycles. The van der Waals surface area contributed by atoms with Crippen molar-refractivity contribution in [3.8, 4) is 0 Å². The van der Waals surface area contributed by atoms with Crippen LogP contribution < -0.4 is 0 Å². The van der Waals surface area contributed by atoms with E-state index in [1.54, 1.807) is 17.5 Å². The number of aromatic nitrogens is 1. The molecule has 1 aliphatic heterocycles. The number of thiazole rings is 1. The second kappa shape index (κ2) is 4.64. The van der Waals surface area contributed by atoms with E-state index in [1.165, 1.54) is 0 Å². The summed E-state index contributed by atoms with van der Waals surface area (Å²) in [7, 11) is 0. The average Bonchev–Trinajstić information content (AvgIpc) is 2.53. The van der Waals surface area contributed by atoms with Gasteiger partial charge in [-0.15, -0.1) is 0 Å². The van der Waals surface area contributed by atoms with Crippen LogP contribution in [0.15, 0.2) is 10.5 Å². The molecule has 1 aromatic rings. The quantitative estimate of drug-likeness (QED) is 0.787. The SMILES string of the molecule is Clc1cnc(SC2CCOCC2)s1. The van der Waals surface area contributed by atoms with E-state index in [2.05, 4.69) is 4.98 Å². The molecule has 2 rings (SSSR count). The van der Waals surface area contributed by atoms with E-state index in [4.69, 9.17) is 16.3 Å². The van der Waals surface area contributed by atoms with E-state index in [-0.39, 0.29) is 0 Å². The Morgan fingerprint density at radius 1 is 1.54 bits per heavy atom. The van der Waals surface area contributed by atoms with Crippen LogP contribution in [-0.2, 0) is 4.74 Å². The van der Waals surface area contributed by atoms with Gasteiger partial charge >= 0.3 is 0 Å². The molecule has 2 nitrogen and oxygen atoms in total. The molecule has 5 heteroatoms. The predicted octanol–water partition coefficient (Wildman–Crippen LogP) is 3.07. The fraction of sp³-hybridized carbons (Fsp3) is 0.625. The lowest BCUT2D eigenvalue weighted by Crippen LogP contribution is -2.17. The highest BCUT2D eigenvalue weighted by molar-refractivity contribution is 8.01. The van der Waals surface area contributed by atoms with Crippen LogP contribution in [0.5, 0.6) is 0 Å². The lowest BCUT2D eigenvalue weighted by atomic mass is 10.2. The maximum Gasteiger partial charge on any atom is 0.151 e. The molecule has 2 heterocycles. The monoisotopic (exact) mass is 235 g/mol. The average molecular weight is 236 g/mol. The number of rotatable bonds is 2. The molecule has 0 aromatic carbocycles. The van der Waals surface area contributed by atoms with Gasteiger partial charge in [0.05, 0.1) is 6.20 Å². The Morgan fingerprint density at radius 3 is 2.92 bits per heavy atom. The van der Waals surface area contributed by atoms with Gasteiger partial charge in [-0.3, -0.25) is 0 Å². The van der Waals surface area contributed by atoms with E-state index in [0.717, 1.165) is 34.7 Å². The topological polar surface area (TPSA) is 22.1 Å². The molecular formula is C8H10ClNOS2. The molecule has 0 unspecified atom stereocenters. The minimum Gasteiger partial charge on any atom is -0.381 e. The van der Waals surface area contributed by atoms with Crippen molar-refractivity contribution in [1.29, 1.82) is 0 Å². The minimum absolute atomic E-state index is 0.663. The van der Waals surface area contributed by atoms with E-state index < -0.39 is 0 Å². The molecule has 0 amide bonds. The normalized spacial score (nSPS) is 19.2. The largest absolute Gasteiger partial charge is 0.381 e. The standard InChI is InChI=1S/C8H10ClNOS2/c9-7-5-10-8(13-7)12-6-1-3-11-4-2-6/h5-6H,1-4H2. The van der Waals surface area contributed by atoms with Crippen LogP contribution in [0.2, 0.25) is 4.34 Å². The van der Waals surface area contributed by atoms with Gasteiger partial charge < -0.3 is 4.74 Å². The van der Waals surface area contributed by atoms with Crippen molar-refractivity contribution in [2.24, 2.45) is 0 Å². The van der Waals surface area contributed by atoms with Crippen molar-refractivity contribution in [3.05, 3.63) is 10.5 Å². The summed E-state index contributed by atoms with van der Waals surface area (Å²) < 4.78 is 7.14. The molecule has 13 heavy (non-hydrogen) atoms. The Bertz CT molecular complexity index is 273. The minimum atomic E-state index is 0.663. The molecule has 0 bridgehead atoms. The molecular weight excluding hydrogens is 226 g/mol. The molecule has 1 aromatic heterocycles. The highest BCUT2D eigenvalue weighted by atomic mass is 35.5. The van der Waals surface area contributed by atoms with Gasteiger partial charge in [0.2, 0.25) is 0 Å². The Morgan fingerprint density at radius 2 is 2.31 bits per heavy atom. The van der Waals surface area contributed by atoms with Crippen LogP contribution in [0.25, 0.3) is 0 Å². The third-order valence-electron chi connectivity index (χ3n) is 1.89. The van der Waals surface area contributed by atoms with E-state index in [1.807, 2.05) is 11.8 Å². The van der Waals surface area contributed by atoms with Crippen molar-refractivity contribution in [3.63, 3.8) is 0 Å². The van der Waals surface area contributed by atoms with Gasteiger partial charge in [0.15, 0.2) is 4.34 Å². The Kier molecular flexibility index (Phi) is 3.49. The molecule has 0 radical (unpaired) electrons. The highest BCUT2D eigenvalue weighted by Gasteiger charge is 2.16. The fourth-order valence-electron chi connectivity index (χ4n) is 1.23. The van der Waals surface area contributed by atoms with Crippen molar-refractivity contribution in [2.75, 3.05) is 13.2 Å². The molecule has 0 N–H and O–H groups in total. The number of thioether (sulfide) groups is 1. The molecule has 1 aliphatic rings.